The average molecular weight is 616 g/mol. The van der Waals surface area contributed by atoms with Crippen molar-refractivity contribution in [3.8, 4) is 17.6 Å². The Morgan fingerprint density at radius 2 is 1.68 bits per heavy atom. The molecule has 0 aliphatic carbocycles. The second-order valence-corrected chi connectivity index (χ2v) is 9.86. The lowest BCUT2D eigenvalue weighted by atomic mass is 10.2. The first-order valence-electron chi connectivity index (χ1n) is 13.9. The third-order valence-corrected chi connectivity index (χ3v) is 6.87. The van der Waals surface area contributed by atoms with Gasteiger partial charge in [0.25, 0.3) is 5.56 Å². The third-order valence-electron chi connectivity index (χ3n) is 6.87. The Bertz CT molecular complexity index is 1480. The van der Waals surface area contributed by atoms with Gasteiger partial charge in [-0.2, -0.15) is 23.5 Å². The zero-order valence-corrected chi connectivity index (χ0v) is 24.1. The molecule has 1 fully saturated rings. The van der Waals surface area contributed by atoms with Crippen molar-refractivity contribution in [3.63, 3.8) is 0 Å². The standard InChI is InChI=1S/C29H32F3N7O5/c1-42-23-6-4-21(5-7-23)20-39-27(41)26(29(30,31)32)24(19-36-39)44-14-3-2-13-43-15-8-25(40)37-9-11-38(12-10-37)28-34-17-22(16-33)18-35-28/h4-7,17-19H,2-3,8-15,20H2,1H3. The molecule has 1 aliphatic heterocycles. The Kier molecular flexibility index (Phi) is 11.1. The molecule has 12 nitrogen and oxygen atoms in total. The molecule has 44 heavy (non-hydrogen) atoms. The van der Waals surface area contributed by atoms with Gasteiger partial charge < -0.3 is 24.0 Å². The zero-order valence-electron chi connectivity index (χ0n) is 24.1. The Balaban J connectivity index is 1.15. The van der Waals surface area contributed by atoms with E-state index in [0.717, 1.165) is 10.9 Å². The molecule has 4 rings (SSSR count). The summed E-state index contributed by atoms with van der Waals surface area (Å²) in [5.74, 6) is 0.438. The lowest BCUT2D eigenvalue weighted by molar-refractivity contribution is -0.140. The quantitative estimate of drug-likeness (QED) is 0.264. The molecule has 1 aromatic carbocycles. The van der Waals surface area contributed by atoms with E-state index in [1.54, 1.807) is 29.2 Å². The number of halogens is 3. The number of methoxy groups -OCH3 is 1. The number of piperazine rings is 1. The van der Waals surface area contributed by atoms with Gasteiger partial charge in [0.1, 0.15) is 11.8 Å². The number of nitrogens with zero attached hydrogens (tertiary/aromatic N) is 7. The van der Waals surface area contributed by atoms with E-state index in [4.69, 9.17) is 19.5 Å². The topological polar surface area (TPSA) is 136 Å². The monoisotopic (exact) mass is 615 g/mol. The first-order chi connectivity index (χ1) is 21.2. The number of aromatic nitrogens is 4. The van der Waals surface area contributed by atoms with E-state index in [0.29, 0.717) is 68.5 Å². The number of amides is 1. The molecule has 0 radical (unpaired) electrons. The van der Waals surface area contributed by atoms with Crippen molar-refractivity contribution in [3.05, 3.63) is 69.9 Å². The Hall–Kier alpha value is -4.71. The number of nitriles is 1. The number of carbonyl (C=O) groups is 1. The number of unbranched alkanes of at least 4 members (excludes halogenated alkanes) is 1. The van der Waals surface area contributed by atoms with E-state index < -0.39 is 23.0 Å². The Labute approximate surface area is 251 Å². The minimum absolute atomic E-state index is 0.0392. The fraction of sp³-hybridized carbons (Fsp3) is 0.448. The van der Waals surface area contributed by atoms with Gasteiger partial charge in [-0.1, -0.05) is 12.1 Å². The minimum Gasteiger partial charge on any atom is -0.497 e. The first kappa shape index (κ1) is 32.2. The molecule has 15 heteroatoms. The van der Waals surface area contributed by atoms with Crippen molar-refractivity contribution in [2.75, 3.05) is 58.0 Å². The molecule has 1 aliphatic rings. The van der Waals surface area contributed by atoms with Crippen LogP contribution in [0.2, 0.25) is 0 Å². The highest BCUT2D eigenvalue weighted by Gasteiger charge is 2.39. The molecule has 0 unspecified atom stereocenters. The second-order valence-electron chi connectivity index (χ2n) is 9.86. The van der Waals surface area contributed by atoms with E-state index in [1.807, 2.05) is 11.0 Å². The van der Waals surface area contributed by atoms with Crippen LogP contribution in [0.15, 0.2) is 47.7 Å². The van der Waals surface area contributed by atoms with Crippen LogP contribution in [-0.4, -0.2) is 83.7 Å². The van der Waals surface area contributed by atoms with Crippen LogP contribution >= 0.6 is 0 Å². The molecular weight excluding hydrogens is 583 g/mol. The molecule has 234 valence electrons. The minimum atomic E-state index is -4.92. The molecular formula is C29H32F3N7O5. The van der Waals surface area contributed by atoms with Gasteiger partial charge in [0.15, 0.2) is 11.3 Å². The maximum atomic E-state index is 13.8. The van der Waals surface area contributed by atoms with Gasteiger partial charge >= 0.3 is 6.18 Å². The van der Waals surface area contributed by atoms with E-state index in [9.17, 15) is 22.8 Å². The van der Waals surface area contributed by atoms with Crippen LogP contribution in [0.25, 0.3) is 0 Å². The molecule has 1 amide bonds. The highest BCUT2D eigenvalue weighted by Crippen LogP contribution is 2.33. The highest BCUT2D eigenvalue weighted by atomic mass is 19.4. The number of hydrogen-bond donors (Lipinski definition) is 0. The number of alkyl halides is 3. The van der Waals surface area contributed by atoms with Crippen molar-refractivity contribution in [1.82, 2.24) is 24.6 Å². The van der Waals surface area contributed by atoms with Crippen molar-refractivity contribution in [2.45, 2.75) is 32.0 Å². The van der Waals surface area contributed by atoms with Crippen molar-refractivity contribution < 1.29 is 32.2 Å². The number of hydrogen-bond acceptors (Lipinski definition) is 10. The number of carbonyl (C=O) groups excluding carboxylic acids is 1. The van der Waals surface area contributed by atoms with Gasteiger partial charge in [0.2, 0.25) is 11.9 Å². The fourth-order valence-electron chi connectivity index (χ4n) is 4.47. The van der Waals surface area contributed by atoms with Gasteiger partial charge in [-0.25, -0.2) is 14.6 Å². The smallest absolute Gasteiger partial charge is 0.425 e. The number of rotatable bonds is 13. The molecule has 0 bridgehead atoms. The number of anilines is 1. The van der Waals surface area contributed by atoms with Crippen molar-refractivity contribution >= 4 is 11.9 Å². The lowest BCUT2D eigenvalue weighted by Gasteiger charge is -2.34. The van der Waals surface area contributed by atoms with Gasteiger partial charge in [-0.15, -0.1) is 0 Å². The molecule has 1 saturated heterocycles. The molecule has 3 aromatic rings. The maximum absolute atomic E-state index is 13.8. The Morgan fingerprint density at radius 1 is 1.00 bits per heavy atom. The average Bonchev–Trinajstić information content (AvgIpc) is 3.03. The SMILES string of the molecule is COc1ccc(Cn2ncc(OCCCCOCCC(=O)N3CCN(c4ncc(C#N)cn4)CC3)c(C(F)(F)F)c2=O)cc1. The van der Waals surface area contributed by atoms with E-state index in [1.165, 1.54) is 19.5 Å². The first-order valence-corrected chi connectivity index (χ1v) is 13.9. The van der Waals surface area contributed by atoms with Crippen LogP contribution in [-0.2, 0) is 22.3 Å². The van der Waals surface area contributed by atoms with Crippen LogP contribution in [0, 0.1) is 11.3 Å². The fourth-order valence-corrected chi connectivity index (χ4v) is 4.47. The second kappa shape index (κ2) is 15.1. The molecule has 0 spiro atoms. The summed E-state index contributed by atoms with van der Waals surface area (Å²) in [7, 11) is 1.49. The molecule has 3 heterocycles. The number of ether oxygens (including phenoxy) is 3. The number of benzene rings is 1. The van der Waals surface area contributed by atoms with Crippen LogP contribution < -0.4 is 19.9 Å². The highest BCUT2D eigenvalue weighted by molar-refractivity contribution is 5.76. The molecule has 0 N–H and O–H groups in total. The summed E-state index contributed by atoms with van der Waals surface area (Å²) in [6, 6.07) is 8.54. The van der Waals surface area contributed by atoms with Crippen LogP contribution in [0.3, 0.4) is 0 Å². The predicted octanol–water partition coefficient (Wildman–Crippen LogP) is 2.90. The van der Waals surface area contributed by atoms with Crippen molar-refractivity contribution in [2.24, 2.45) is 0 Å². The van der Waals surface area contributed by atoms with E-state index in [2.05, 4.69) is 15.1 Å². The van der Waals surface area contributed by atoms with E-state index in [-0.39, 0.29) is 32.1 Å². The normalized spacial score (nSPS) is 13.4. The molecule has 0 atom stereocenters. The van der Waals surface area contributed by atoms with Gasteiger partial charge in [0.05, 0.1) is 57.4 Å². The van der Waals surface area contributed by atoms with Gasteiger partial charge in [0, 0.05) is 32.8 Å². The maximum Gasteiger partial charge on any atom is 0.425 e. The molecule has 2 aromatic heterocycles. The van der Waals surface area contributed by atoms with Crippen molar-refractivity contribution in [1.29, 1.82) is 5.26 Å². The molecule has 0 saturated carbocycles. The van der Waals surface area contributed by atoms with Crippen LogP contribution in [0.1, 0.15) is 36.0 Å². The summed E-state index contributed by atoms with van der Waals surface area (Å²) in [5, 5.41) is 12.7. The van der Waals surface area contributed by atoms with Gasteiger partial charge in [-0.05, 0) is 30.5 Å². The largest absolute Gasteiger partial charge is 0.497 e. The summed E-state index contributed by atoms with van der Waals surface area (Å²) in [6.45, 7) is 2.48. The zero-order chi connectivity index (χ0) is 31.5. The van der Waals surface area contributed by atoms with Crippen LogP contribution in [0.4, 0.5) is 19.1 Å². The summed E-state index contributed by atoms with van der Waals surface area (Å²) in [5.41, 5.74) is -1.73. The summed E-state index contributed by atoms with van der Waals surface area (Å²) < 4.78 is 57.9. The third kappa shape index (κ3) is 8.66. The van der Waals surface area contributed by atoms with E-state index >= 15 is 0 Å². The summed E-state index contributed by atoms with van der Waals surface area (Å²) in [4.78, 5) is 37.2. The van der Waals surface area contributed by atoms with Gasteiger partial charge in [-0.3, -0.25) is 9.59 Å². The Morgan fingerprint density at radius 3 is 2.32 bits per heavy atom. The summed E-state index contributed by atoms with van der Waals surface area (Å²) in [6.07, 6.45) is -0.0175. The lowest BCUT2D eigenvalue weighted by Crippen LogP contribution is -2.49. The summed E-state index contributed by atoms with van der Waals surface area (Å²) >= 11 is 0. The predicted molar refractivity (Wildman–Crippen MR) is 151 cm³/mol. The van der Waals surface area contributed by atoms with Crippen LogP contribution in [0.5, 0.6) is 11.5 Å².